The van der Waals surface area contributed by atoms with Crippen molar-refractivity contribution in [3.05, 3.63) is 77.5 Å². The number of carbonyl (C=O) groups excluding carboxylic acids is 1. The molecule has 2 N–H and O–H groups in total. The molecule has 144 valence electrons. The van der Waals surface area contributed by atoms with E-state index < -0.39 is 0 Å². The van der Waals surface area contributed by atoms with Crippen molar-refractivity contribution in [3.8, 4) is 0 Å². The Labute approximate surface area is 165 Å². The zero-order chi connectivity index (χ0) is 19.3. The van der Waals surface area contributed by atoms with Crippen LogP contribution in [0.3, 0.4) is 0 Å². The molecule has 0 spiro atoms. The highest BCUT2D eigenvalue weighted by molar-refractivity contribution is 5.99. The van der Waals surface area contributed by atoms with E-state index in [2.05, 4.69) is 52.9 Å². The SMILES string of the molecule is COC(=O)c1ccc2[nH]cc(C3=CCC(NCCc4ccccc4)CC3)c2c1. The van der Waals surface area contributed by atoms with Gasteiger partial charge in [-0.3, -0.25) is 0 Å². The summed E-state index contributed by atoms with van der Waals surface area (Å²) in [5.74, 6) is -0.297. The number of aromatic amines is 1. The Kier molecular flexibility index (Phi) is 5.58. The number of carbonyl (C=O) groups is 1. The van der Waals surface area contributed by atoms with Gasteiger partial charge in [0.2, 0.25) is 0 Å². The highest BCUT2D eigenvalue weighted by Gasteiger charge is 2.18. The number of methoxy groups -OCH3 is 1. The van der Waals surface area contributed by atoms with Crippen molar-refractivity contribution in [2.45, 2.75) is 31.7 Å². The summed E-state index contributed by atoms with van der Waals surface area (Å²) >= 11 is 0. The number of fused-ring (bicyclic) bond motifs is 1. The van der Waals surface area contributed by atoms with E-state index in [9.17, 15) is 4.79 Å². The zero-order valence-electron chi connectivity index (χ0n) is 16.2. The Hall–Kier alpha value is -2.85. The molecule has 4 heteroatoms. The van der Waals surface area contributed by atoms with Gasteiger partial charge in [0.15, 0.2) is 0 Å². The first kappa shape index (κ1) is 18.5. The van der Waals surface area contributed by atoms with Crippen LogP contribution in [0.15, 0.2) is 60.8 Å². The first-order chi connectivity index (χ1) is 13.7. The Morgan fingerprint density at radius 3 is 2.82 bits per heavy atom. The highest BCUT2D eigenvalue weighted by Crippen LogP contribution is 2.32. The first-order valence-electron chi connectivity index (χ1n) is 9.91. The van der Waals surface area contributed by atoms with Crippen LogP contribution in [0, 0.1) is 0 Å². The molecule has 4 rings (SSSR count). The van der Waals surface area contributed by atoms with Crippen LogP contribution in [0.25, 0.3) is 16.5 Å². The summed E-state index contributed by atoms with van der Waals surface area (Å²) in [6.45, 7) is 1.01. The number of rotatable bonds is 6. The average molecular weight is 374 g/mol. The molecule has 1 aliphatic rings. The molecule has 2 aromatic carbocycles. The molecule has 28 heavy (non-hydrogen) atoms. The number of H-pyrrole nitrogens is 1. The molecule has 0 bridgehead atoms. The van der Waals surface area contributed by atoms with Crippen molar-refractivity contribution in [2.75, 3.05) is 13.7 Å². The lowest BCUT2D eigenvalue weighted by atomic mass is 9.90. The quantitative estimate of drug-likeness (QED) is 0.614. The molecule has 0 amide bonds. The Morgan fingerprint density at radius 2 is 2.07 bits per heavy atom. The molecule has 3 aromatic rings. The van der Waals surface area contributed by atoms with Crippen LogP contribution in [0.1, 0.15) is 40.7 Å². The standard InChI is InChI=1S/C24H26N2O2/c1-28-24(27)19-9-12-23-21(15-19)22(16-26-23)18-7-10-20(11-8-18)25-14-13-17-5-3-2-4-6-17/h2-7,9,12,15-16,20,25-26H,8,10-11,13-14H2,1H3. The van der Waals surface area contributed by atoms with Gasteiger partial charge in [0.1, 0.15) is 0 Å². The van der Waals surface area contributed by atoms with E-state index in [0.29, 0.717) is 11.6 Å². The molecule has 0 fully saturated rings. The van der Waals surface area contributed by atoms with Gasteiger partial charge in [-0.05, 0) is 61.6 Å². The molecule has 0 aliphatic heterocycles. The zero-order valence-corrected chi connectivity index (χ0v) is 16.2. The minimum Gasteiger partial charge on any atom is -0.465 e. The van der Waals surface area contributed by atoms with Crippen LogP contribution in [-0.2, 0) is 11.2 Å². The maximum Gasteiger partial charge on any atom is 0.337 e. The Balaban J connectivity index is 1.41. The van der Waals surface area contributed by atoms with Gasteiger partial charge in [0.25, 0.3) is 0 Å². The summed E-state index contributed by atoms with van der Waals surface area (Å²) in [7, 11) is 1.42. The summed E-state index contributed by atoms with van der Waals surface area (Å²) in [4.78, 5) is 15.2. The maximum atomic E-state index is 11.9. The average Bonchev–Trinajstić information content (AvgIpc) is 3.18. The number of hydrogen-bond donors (Lipinski definition) is 2. The topological polar surface area (TPSA) is 54.1 Å². The number of esters is 1. The van der Waals surface area contributed by atoms with Gasteiger partial charge in [-0.25, -0.2) is 4.79 Å². The monoisotopic (exact) mass is 374 g/mol. The Bertz CT molecular complexity index is 988. The van der Waals surface area contributed by atoms with Gasteiger partial charge < -0.3 is 15.0 Å². The van der Waals surface area contributed by atoms with E-state index in [1.165, 1.54) is 23.8 Å². The van der Waals surface area contributed by atoms with Crippen LogP contribution in [0.4, 0.5) is 0 Å². The predicted molar refractivity (Wildman–Crippen MR) is 113 cm³/mol. The molecular weight excluding hydrogens is 348 g/mol. The van der Waals surface area contributed by atoms with Crippen LogP contribution in [0.2, 0.25) is 0 Å². The second-order valence-corrected chi connectivity index (χ2v) is 7.34. The normalized spacial score (nSPS) is 16.8. The van der Waals surface area contributed by atoms with Gasteiger partial charge in [0, 0.05) is 28.7 Å². The maximum absolute atomic E-state index is 11.9. The molecule has 0 saturated heterocycles. The summed E-state index contributed by atoms with van der Waals surface area (Å²) in [6.07, 6.45) is 8.67. The number of allylic oxidation sites excluding steroid dienone is 1. The van der Waals surface area contributed by atoms with E-state index >= 15 is 0 Å². The fourth-order valence-corrected chi connectivity index (χ4v) is 3.96. The number of benzene rings is 2. The molecule has 0 saturated carbocycles. The van der Waals surface area contributed by atoms with E-state index in [1.54, 1.807) is 6.07 Å². The minimum absolute atomic E-state index is 0.297. The van der Waals surface area contributed by atoms with E-state index in [0.717, 1.165) is 43.1 Å². The highest BCUT2D eigenvalue weighted by atomic mass is 16.5. The lowest BCUT2D eigenvalue weighted by Crippen LogP contribution is -2.31. The van der Waals surface area contributed by atoms with Crippen molar-refractivity contribution in [1.82, 2.24) is 10.3 Å². The van der Waals surface area contributed by atoms with Crippen molar-refractivity contribution in [3.63, 3.8) is 0 Å². The number of ether oxygens (including phenoxy) is 1. The van der Waals surface area contributed by atoms with E-state index in [4.69, 9.17) is 4.74 Å². The van der Waals surface area contributed by atoms with Crippen molar-refractivity contribution >= 4 is 22.4 Å². The van der Waals surface area contributed by atoms with Crippen molar-refractivity contribution in [1.29, 1.82) is 0 Å². The molecule has 1 atom stereocenters. The second-order valence-electron chi connectivity index (χ2n) is 7.34. The van der Waals surface area contributed by atoms with E-state index in [-0.39, 0.29) is 5.97 Å². The summed E-state index contributed by atoms with van der Waals surface area (Å²) < 4.78 is 4.86. The fraction of sp³-hybridized carbons (Fsp3) is 0.292. The molecule has 1 heterocycles. The summed E-state index contributed by atoms with van der Waals surface area (Å²) in [5, 5.41) is 4.78. The van der Waals surface area contributed by atoms with Gasteiger partial charge >= 0.3 is 5.97 Å². The predicted octanol–water partition coefficient (Wildman–Crippen LogP) is 4.72. The molecule has 1 unspecified atom stereocenters. The van der Waals surface area contributed by atoms with Crippen molar-refractivity contribution in [2.24, 2.45) is 0 Å². The largest absolute Gasteiger partial charge is 0.465 e. The number of nitrogens with one attached hydrogen (secondary N) is 2. The van der Waals surface area contributed by atoms with Gasteiger partial charge in [0.05, 0.1) is 12.7 Å². The molecule has 4 nitrogen and oxygen atoms in total. The number of aromatic nitrogens is 1. The third-order valence-corrected chi connectivity index (χ3v) is 5.55. The van der Waals surface area contributed by atoms with Crippen LogP contribution in [-0.4, -0.2) is 30.6 Å². The fourth-order valence-electron chi connectivity index (χ4n) is 3.96. The van der Waals surface area contributed by atoms with Crippen LogP contribution >= 0.6 is 0 Å². The molecule has 1 aliphatic carbocycles. The lowest BCUT2D eigenvalue weighted by molar-refractivity contribution is 0.0601. The molecular formula is C24H26N2O2. The van der Waals surface area contributed by atoms with E-state index in [1.807, 2.05) is 12.1 Å². The smallest absolute Gasteiger partial charge is 0.337 e. The lowest BCUT2D eigenvalue weighted by Gasteiger charge is -2.23. The third-order valence-electron chi connectivity index (χ3n) is 5.55. The Morgan fingerprint density at radius 1 is 1.21 bits per heavy atom. The third kappa shape index (κ3) is 4.02. The van der Waals surface area contributed by atoms with Crippen LogP contribution < -0.4 is 5.32 Å². The summed E-state index contributed by atoms with van der Waals surface area (Å²) in [5.41, 5.74) is 5.57. The number of hydrogen-bond acceptors (Lipinski definition) is 3. The van der Waals surface area contributed by atoms with Gasteiger partial charge in [-0.1, -0.05) is 36.4 Å². The van der Waals surface area contributed by atoms with Crippen molar-refractivity contribution < 1.29 is 9.53 Å². The molecule has 1 aromatic heterocycles. The minimum atomic E-state index is -0.297. The molecule has 0 radical (unpaired) electrons. The second kappa shape index (κ2) is 8.44. The van der Waals surface area contributed by atoms with Gasteiger partial charge in [-0.2, -0.15) is 0 Å². The van der Waals surface area contributed by atoms with Crippen LogP contribution in [0.5, 0.6) is 0 Å². The summed E-state index contributed by atoms with van der Waals surface area (Å²) in [6, 6.07) is 16.8. The first-order valence-corrected chi connectivity index (χ1v) is 9.91. The van der Waals surface area contributed by atoms with Gasteiger partial charge in [-0.15, -0.1) is 0 Å².